The van der Waals surface area contributed by atoms with Gasteiger partial charge in [-0.15, -0.1) is 0 Å². The number of hydrogen-bond acceptors (Lipinski definition) is 6. The molecule has 0 atom stereocenters. The van der Waals surface area contributed by atoms with Gasteiger partial charge in [0.1, 0.15) is 34.0 Å². The highest BCUT2D eigenvalue weighted by molar-refractivity contribution is 5.90. The highest BCUT2D eigenvalue weighted by Gasteiger charge is 2.10. The molecule has 2 aromatic carbocycles. The zero-order valence-corrected chi connectivity index (χ0v) is 13.0. The van der Waals surface area contributed by atoms with Crippen molar-refractivity contribution in [3.63, 3.8) is 0 Å². The number of rotatable bonds is 2. The lowest BCUT2D eigenvalue weighted by atomic mass is 10.1. The van der Waals surface area contributed by atoms with Crippen LogP contribution in [0.4, 0.5) is 0 Å². The van der Waals surface area contributed by atoms with Crippen molar-refractivity contribution in [1.82, 2.24) is 9.97 Å². The van der Waals surface area contributed by atoms with E-state index in [1.807, 2.05) is 0 Å². The summed E-state index contributed by atoms with van der Waals surface area (Å²) in [7, 11) is 0. The topological polar surface area (TPSA) is 107 Å². The van der Waals surface area contributed by atoms with Crippen LogP contribution in [0.15, 0.2) is 48.5 Å². The molecule has 4 N–H and O–H groups in total. The first kappa shape index (κ1) is 15.0. The van der Waals surface area contributed by atoms with Crippen LogP contribution < -0.4 is 0 Å². The molecule has 2 aromatic heterocycles. The Balaban J connectivity index is 1.77. The molecule has 6 heteroatoms. The number of phenols is 4. The maximum absolute atomic E-state index is 9.94. The van der Waals surface area contributed by atoms with E-state index in [2.05, 4.69) is 9.97 Å². The van der Waals surface area contributed by atoms with Gasteiger partial charge in [0.15, 0.2) is 0 Å². The Morgan fingerprint density at radius 3 is 1.36 bits per heavy atom. The summed E-state index contributed by atoms with van der Waals surface area (Å²) in [6.07, 6.45) is 0.371. The van der Waals surface area contributed by atoms with E-state index in [0.29, 0.717) is 39.6 Å². The van der Waals surface area contributed by atoms with Crippen LogP contribution in [-0.4, -0.2) is 30.4 Å². The lowest BCUT2D eigenvalue weighted by molar-refractivity contribution is 0.468. The van der Waals surface area contributed by atoms with E-state index in [-0.39, 0.29) is 23.0 Å². The first-order chi connectivity index (χ1) is 12.0. The lowest BCUT2D eigenvalue weighted by Crippen LogP contribution is -1.96. The van der Waals surface area contributed by atoms with Gasteiger partial charge >= 0.3 is 0 Å². The predicted molar refractivity (Wildman–Crippen MR) is 93.0 cm³/mol. The van der Waals surface area contributed by atoms with Crippen molar-refractivity contribution in [2.24, 2.45) is 0 Å². The largest absolute Gasteiger partial charge is 0.507 e. The molecule has 0 aliphatic heterocycles. The second kappa shape index (κ2) is 5.52. The maximum atomic E-state index is 9.94. The van der Waals surface area contributed by atoms with E-state index in [1.54, 1.807) is 24.3 Å². The summed E-state index contributed by atoms with van der Waals surface area (Å²) in [5.41, 5.74) is 1.94. The summed E-state index contributed by atoms with van der Waals surface area (Å²) in [5, 5.41) is 40.5. The van der Waals surface area contributed by atoms with Crippen LogP contribution in [0.1, 0.15) is 11.4 Å². The van der Waals surface area contributed by atoms with E-state index in [1.165, 1.54) is 24.3 Å². The molecule has 4 aromatic rings. The predicted octanol–water partition coefficient (Wildman–Crippen LogP) is 3.20. The van der Waals surface area contributed by atoms with Gasteiger partial charge in [-0.25, -0.2) is 9.97 Å². The quantitative estimate of drug-likeness (QED) is 0.419. The average molecular weight is 334 g/mol. The molecule has 0 amide bonds. The zero-order chi connectivity index (χ0) is 17.6. The van der Waals surface area contributed by atoms with Gasteiger partial charge in [0.05, 0.1) is 0 Å². The van der Waals surface area contributed by atoms with Gasteiger partial charge in [0, 0.05) is 28.6 Å². The second-order valence-electron chi connectivity index (χ2n) is 5.78. The van der Waals surface area contributed by atoms with Crippen molar-refractivity contribution in [3.8, 4) is 23.0 Å². The van der Waals surface area contributed by atoms with Gasteiger partial charge in [-0.2, -0.15) is 0 Å². The Bertz CT molecular complexity index is 1040. The molecule has 4 rings (SSSR count). The number of pyridine rings is 2. The fourth-order valence-electron chi connectivity index (χ4n) is 2.84. The molecule has 25 heavy (non-hydrogen) atoms. The first-order valence-corrected chi connectivity index (χ1v) is 7.64. The third-order valence-corrected chi connectivity index (χ3v) is 4.10. The van der Waals surface area contributed by atoms with Crippen molar-refractivity contribution in [2.45, 2.75) is 6.42 Å². The van der Waals surface area contributed by atoms with Crippen LogP contribution in [0.3, 0.4) is 0 Å². The Morgan fingerprint density at radius 1 is 0.520 bits per heavy atom. The molecule has 0 saturated heterocycles. The second-order valence-corrected chi connectivity index (χ2v) is 5.78. The first-order valence-electron chi connectivity index (χ1n) is 7.64. The smallest absolute Gasteiger partial charge is 0.142 e. The van der Waals surface area contributed by atoms with E-state index in [0.717, 1.165) is 0 Å². The van der Waals surface area contributed by atoms with Crippen LogP contribution >= 0.6 is 0 Å². The van der Waals surface area contributed by atoms with Crippen LogP contribution in [-0.2, 0) is 6.42 Å². The molecule has 0 saturated carbocycles. The summed E-state index contributed by atoms with van der Waals surface area (Å²) in [6.45, 7) is 0. The highest BCUT2D eigenvalue weighted by Crippen LogP contribution is 2.32. The van der Waals surface area contributed by atoms with Gasteiger partial charge in [0.2, 0.25) is 0 Å². The van der Waals surface area contributed by atoms with Crippen molar-refractivity contribution in [1.29, 1.82) is 0 Å². The minimum Gasteiger partial charge on any atom is -0.507 e. The fraction of sp³-hybridized carbons (Fsp3) is 0.0526. The summed E-state index contributed by atoms with van der Waals surface area (Å²) < 4.78 is 0. The lowest BCUT2D eigenvalue weighted by Gasteiger charge is -2.08. The Kier molecular flexibility index (Phi) is 3.32. The number of fused-ring (bicyclic) bond motifs is 2. The number of aromatic hydroxyl groups is 4. The van der Waals surface area contributed by atoms with Crippen molar-refractivity contribution >= 4 is 21.8 Å². The number of nitrogens with zero attached hydrogens (tertiary/aromatic N) is 2. The minimum absolute atomic E-state index is 0.0105. The molecule has 124 valence electrons. The molecule has 0 fully saturated rings. The van der Waals surface area contributed by atoms with E-state index >= 15 is 0 Å². The van der Waals surface area contributed by atoms with E-state index in [4.69, 9.17) is 0 Å². The highest BCUT2D eigenvalue weighted by atomic mass is 16.3. The van der Waals surface area contributed by atoms with Crippen LogP contribution in [0.25, 0.3) is 21.8 Å². The zero-order valence-electron chi connectivity index (χ0n) is 13.0. The number of phenolic OH excluding ortho intramolecular Hbond substituents is 4. The van der Waals surface area contributed by atoms with Crippen molar-refractivity contribution < 1.29 is 20.4 Å². The number of hydrogen-bond donors (Lipinski definition) is 4. The molecule has 0 spiro atoms. The van der Waals surface area contributed by atoms with Crippen LogP contribution in [0.2, 0.25) is 0 Å². The van der Waals surface area contributed by atoms with Gasteiger partial charge < -0.3 is 20.4 Å². The van der Waals surface area contributed by atoms with Crippen LogP contribution in [0.5, 0.6) is 23.0 Å². The van der Waals surface area contributed by atoms with E-state index < -0.39 is 0 Å². The molecular weight excluding hydrogens is 320 g/mol. The SMILES string of the molecule is Oc1ccc(O)c2nc(Cc3ccc4c(O)ccc(O)c4n3)ccc12. The maximum Gasteiger partial charge on any atom is 0.142 e. The number of benzene rings is 2. The van der Waals surface area contributed by atoms with Gasteiger partial charge in [0.25, 0.3) is 0 Å². The monoisotopic (exact) mass is 334 g/mol. The Labute approximate surface area is 142 Å². The average Bonchev–Trinajstić information content (AvgIpc) is 2.62. The summed E-state index contributed by atoms with van der Waals surface area (Å²) in [5.74, 6) is 0.0829. The standard InChI is InChI=1S/C19H14N2O4/c22-14-5-7-16(24)18-12(14)3-1-10(20-18)9-11-2-4-13-15(23)6-8-17(25)19(13)21-11/h1-8,22-25H,9H2. The van der Waals surface area contributed by atoms with Crippen molar-refractivity contribution in [3.05, 3.63) is 59.9 Å². The number of aromatic nitrogens is 2. The van der Waals surface area contributed by atoms with Crippen molar-refractivity contribution in [2.75, 3.05) is 0 Å². The molecule has 6 nitrogen and oxygen atoms in total. The minimum atomic E-state index is -0.0105. The summed E-state index contributed by atoms with van der Waals surface area (Å²) in [4.78, 5) is 8.78. The molecule has 0 aliphatic carbocycles. The molecule has 0 radical (unpaired) electrons. The summed E-state index contributed by atoms with van der Waals surface area (Å²) in [6, 6.07) is 12.5. The third-order valence-electron chi connectivity index (χ3n) is 4.10. The third kappa shape index (κ3) is 2.53. The van der Waals surface area contributed by atoms with Gasteiger partial charge in [-0.3, -0.25) is 0 Å². The Hall–Kier alpha value is -3.54. The fourth-order valence-corrected chi connectivity index (χ4v) is 2.84. The van der Waals surface area contributed by atoms with Gasteiger partial charge in [-0.05, 0) is 48.5 Å². The molecule has 0 bridgehead atoms. The normalized spacial score (nSPS) is 11.2. The Morgan fingerprint density at radius 2 is 0.920 bits per heavy atom. The molecule has 0 unspecified atom stereocenters. The molecule has 0 aliphatic rings. The molecular formula is C19H14N2O4. The van der Waals surface area contributed by atoms with Crippen LogP contribution in [0, 0.1) is 0 Å². The molecule has 2 heterocycles. The van der Waals surface area contributed by atoms with E-state index in [9.17, 15) is 20.4 Å². The van der Waals surface area contributed by atoms with Gasteiger partial charge in [-0.1, -0.05) is 0 Å². The summed E-state index contributed by atoms with van der Waals surface area (Å²) >= 11 is 0.